The van der Waals surface area contributed by atoms with Crippen LogP contribution in [0, 0.1) is 23.5 Å². The SMILES string of the molecule is Nc1cc(F)cc(C(=O)N(CC2CC2)CC2CC2)c1F. The normalized spacial score (nSPS) is 18.1. The van der Waals surface area contributed by atoms with E-state index in [1.54, 1.807) is 4.90 Å². The zero-order valence-corrected chi connectivity index (χ0v) is 11.2. The van der Waals surface area contributed by atoms with Gasteiger partial charge in [-0.2, -0.15) is 0 Å². The molecule has 2 aliphatic carbocycles. The molecular formula is C15H18F2N2O. The van der Waals surface area contributed by atoms with E-state index in [1.165, 1.54) is 0 Å². The van der Waals surface area contributed by atoms with E-state index in [2.05, 4.69) is 0 Å². The topological polar surface area (TPSA) is 46.3 Å². The fourth-order valence-electron chi connectivity index (χ4n) is 2.40. The minimum atomic E-state index is -0.812. The molecule has 5 heteroatoms. The van der Waals surface area contributed by atoms with Crippen molar-refractivity contribution in [2.45, 2.75) is 25.7 Å². The summed E-state index contributed by atoms with van der Waals surface area (Å²) in [6.45, 7) is 1.29. The average molecular weight is 280 g/mol. The first-order chi connectivity index (χ1) is 9.54. The third-order valence-electron chi connectivity index (χ3n) is 3.93. The summed E-state index contributed by atoms with van der Waals surface area (Å²) in [4.78, 5) is 14.1. The van der Waals surface area contributed by atoms with Crippen LogP contribution in [0.1, 0.15) is 36.0 Å². The van der Waals surface area contributed by atoms with Crippen LogP contribution in [0.15, 0.2) is 12.1 Å². The number of nitrogens with two attached hydrogens (primary N) is 1. The Morgan fingerprint density at radius 1 is 1.15 bits per heavy atom. The lowest BCUT2D eigenvalue weighted by Crippen LogP contribution is -2.35. The molecule has 0 radical (unpaired) electrons. The van der Waals surface area contributed by atoms with Crippen LogP contribution in [-0.4, -0.2) is 23.9 Å². The highest BCUT2D eigenvalue weighted by Gasteiger charge is 2.33. The highest BCUT2D eigenvalue weighted by molar-refractivity contribution is 5.95. The van der Waals surface area contributed by atoms with Crippen molar-refractivity contribution in [3.05, 3.63) is 29.3 Å². The fourth-order valence-corrected chi connectivity index (χ4v) is 2.40. The van der Waals surface area contributed by atoms with Gasteiger partial charge in [-0.05, 0) is 49.7 Å². The summed E-state index contributed by atoms with van der Waals surface area (Å²) in [7, 11) is 0. The summed E-state index contributed by atoms with van der Waals surface area (Å²) in [5.41, 5.74) is 4.84. The summed E-state index contributed by atoms with van der Waals surface area (Å²) in [5.74, 6) is -0.885. The second-order valence-electron chi connectivity index (χ2n) is 5.95. The quantitative estimate of drug-likeness (QED) is 0.843. The summed E-state index contributed by atoms with van der Waals surface area (Å²) < 4.78 is 27.3. The van der Waals surface area contributed by atoms with Gasteiger partial charge in [-0.3, -0.25) is 4.79 Å². The minimum absolute atomic E-state index is 0.246. The highest BCUT2D eigenvalue weighted by atomic mass is 19.1. The first-order valence-corrected chi connectivity index (χ1v) is 7.08. The zero-order valence-electron chi connectivity index (χ0n) is 11.2. The van der Waals surface area contributed by atoms with Crippen molar-refractivity contribution in [1.29, 1.82) is 0 Å². The number of carbonyl (C=O) groups is 1. The Bertz CT molecular complexity index is 525. The molecule has 1 amide bonds. The first-order valence-electron chi connectivity index (χ1n) is 7.08. The number of rotatable bonds is 5. The van der Waals surface area contributed by atoms with Gasteiger partial charge in [-0.1, -0.05) is 0 Å². The standard InChI is InChI=1S/C15H18F2N2O/c16-11-5-12(14(17)13(18)6-11)15(20)19(7-9-1-2-9)8-10-3-4-10/h5-6,9-10H,1-4,7-8,18H2. The fraction of sp³-hybridized carbons (Fsp3) is 0.533. The van der Waals surface area contributed by atoms with Crippen LogP contribution in [0.5, 0.6) is 0 Å². The number of nitrogen functional groups attached to an aromatic ring is 1. The number of benzene rings is 1. The molecule has 2 saturated carbocycles. The predicted octanol–water partition coefficient (Wildman–Crippen LogP) is 2.81. The van der Waals surface area contributed by atoms with E-state index in [9.17, 15) is 13.6 Å². The molecule has 2 N–H and O–H groups in total. The number of carbonyl (C=O) groups excluding carboxylic acids is 1. The van der Waals surface area contributed by atoms with Crippen LogP contribution in [0.2, 0.25) is 0 Å². The van der Waals surface area contributed by atoms with E-state index >= 15 is 0 Å². The number of amides is 1. The van der Waals surface area contributed by atoms with Crippen LogP contribution in [-0.2, 0) is 0 Å². The highest BCUT2D eigenvalue weighted by Crippen LogP contribution is 2.34. The van der Waals surface area contributed by atoms with Gasteiger partial charge in [-0.15, -0.1) is 0 Å². The molecule has 1 aromatic rings. The van der Waals surface area contributed by atoms with Crippen molar-refractivity contribution < 1.29 is 13.6 Å². The van der Waals surface area contributed by atoms with Crippen LogP contribution in [0.4, 0.5) is 14.5 Å². The predicted molar refractivity (Wildman–Crippen MR) is 72.1 cm³/mol. The van der Waals surface area contributed by atoms with Crippen molar-refractivity contribution >= 4 is 11.6 Å². The van der Waals surface area contributed by atoms with Crippen molar-refractivity contribution in [1.82, 2.24) is 4.90 Å². The van der Waals surface area contributed by atoms with Crippen molar-refractivity contribution in [3.8, 4) is 0 Å². The van der Waals surface area contributed by atoms with Gasteiger partial charge < -0.3 is 10.6 Å². The Kier molecular flexibility index (Phi) is 3.36. The third kappa shape index (κ3) is 2.92. The van der Waals surface area contributed by atoms with Gasteiger partial charge in [0.2, 0.25) is 0 Å². The molecule has 0 spiro atoms. The molecule has 3 rings (SSSR count). The number of anilines is 1. The van der Waals surface area contributed by atoms with E-state index in [4.69, 9.17) is 5.73 Å². The third-order valence-corrected chi connectivity index (χ3v) is 3.93. The van der Waals surface area contributed by atoms with Gasteiger partial charge in [0.1, 0.15) is 5.82 Å². The monoisotopic (exact) mass is 280 g/mol. The maximum absolute atomic E-state index is 14.0. The Balaban J connectivity index is 1.83. The molecule has 3 nitrogen and oxygen atoms in total. The molecule has 108 valence electrons. The maximum Gasteiger partial charge on any atom is 0.257 e. The Morgan fingerprint density at radius 2 is 1.70 bits per heavy atom. The Labute approximate surface area is 116 Å². The first kappa shape index (κ1) is 13.3. The maximum atomic E-state index is 14.0. The van der Waals surface area contributed by atoms with Gasteiger partial charge in [0.25, 0.3) is 5.91 Å². The van der Waals surface area contributed by atoms with Gasteiger partial charge >= 0.3 is 0 Å². The van der Waals surface area contributed by atoms with Crippen LogP contribution in [0.3, 0.4) is 0 Å². The Hall–Kier alpha value is -1.65. The van der Waals surface area contributed by atoms with E-state index in [1.807, 2.05) is 0 Å². The molecule has 1 aromatic carbocycles. The Morgan fingerprint density at radius 3 is 2.20 bits per heavy atom. The average Bonchev–Trinajstić information content (AvgIpc) is 3.27. The molecule has 2 aliphatic rings. The van der Waals surface area contributed by atoms with E-state index < -0.39 is 17.5 Å². The molecule has 2 fully saturated rings. The summed E-state index contributed by atoms with van der Waals surface area (Å²) in [5, 5.41) is 0. The van der Waals surface area contributed by atoms with Crippen molar-refractivity contribution in [2.24, 2.45) is 11.8 Å². The second-order valence-corrected chi connectivity index (χ2v) is 5.95. The zero-order chi connectivity index (χ0) is 14.3. The molecule has 0 atom stereocenters. The van der Waals surface area contributed by atoms with Crippen LogP contribution < -0.4 is 5.73 Å². The largest absolute Gasteiger partial charge is 0.396 e. The lowest BCUT2D eigenvalue weighted by molar-refractivity contribution is 0.0734. The van der Waals surface area contributed by atoms with Crippen LogP contribution >= 0.6 is 0 Å². The molecule has 0 heterocycles. The molecular weight excluding hydrogens is 262 g/mol. The molecule has 20 heavy (non-hydrogen) atoms. The van der Waals surface area contributed by atoms with Crippen molar-refractivity contribution in [2.75, 3.05) is 18.8 Å². The molecule has 0 aliphatic heterocycles. The van der Waals surface area contributed by atoms with E-state index in [0.717, 1.165) is 37.8 Å². The van der Waals surface area contributed by atoms with Gasteiger partial charge in [0, 0.05) is 13.1 Å². The number of hydrogen-bond acceptors (Lipinski definition) is 2. The van der Waals surface area contributed by atoms with Gasteiger partial charge in [0.15, 0.2) is 5.82 Å². The van der Waals surface area contributed by atoms with Gasteiger partial charge in [0.05, 0.1) is 11.3 Å². The minimum Gasteiger partial charge on any atom is -0.396 e. The number of halogens is 2. The summed E-state index contributed by atoms with van der Waals surface area (Å²) >= 11 is 0. The smallest absolute Gasteiger partial charge is 0.257 e. The summed E-state index contributed by atoms with van der Waals surface area (Å²) in [6.07, 6.45) is 4.45. The number of nitrogens with zero attached hydrogens (tertiary/aromatic N) is 1. The molecule has 0 unspecified atom stereocenters. The van der Waals surface area contributed by atoms with Crippen molar-refractivity contribution in [3.63, 3.8) is 0 Å². The molecule has 0 bridgehead atoms. The lowest BCUT2D eigenvalue weighted by atomic mass is 10.1. The molecule has 0 aromatic heterocycles. The molecule has 0 saturated heterocycles. The van der Waals surface area contributed by atoms with E-state index in [0.29, 0.717) is 24.9 Å². The lowest BCUT2D eigenvalue weighted by Gasteiger charge is -2.23. The van der Waals surface area contributed by atoms with Crippen LogP contribution in [0.25, 0.3) is 0 Å². The second kappa shape index (κ2) is 5.04. The van der Waals surface area contributed by atoms with Gasteiger partial charge in [-0.25, -0.2) is 8.78 Å². The number of hydrogen-bond donors (Lipinski definition) is 1. The van der Waals surface area contributed by atoms with E-state index in [-0.39, 0.29) is 11.3 Å². The summed E-state index contributed by atoms with van der Waals surface area (Å²) in [6, 6.07) is 1.85.